The lowest BCUT2D eigenvalue weighted by Crippen LogP contribution is -2.67. The van der Waals surface area contributed by atoms with Crippen molar-refractivity contribution < 1.29 is 17.8 Å². The van der Waals surface area contributed by atoms with E-state index < -0.39 is 28.3 Å². The summed E-state index contributed by atoms with van der Waals surface area (Å²) in [5.41, 5.74) is 0.302. The van der Waals surface area contributed by atoms with Gasteiger partial charge >= 0.3 is 0 Å². The highest BCUT2D eigenvalue weighted by Gasteiger charge is 2.50. The molecular weight excluding hydrogens is 514 g/mol. The first-order valence-corrected chi connectivity index (χ1v) is 16.7. The van der Waals surface area contributed by atoms with Crippen LogP contribution < -0.4 is 10.4 Å². The van der Waals surface area contributed by atoms with E-state index in [2.05, 4.69) is 69.3 Å². The summed E-state index contributed by atoms with van der Waals surface area (Å²) in [6, 6.07) is 25.2. The van der Waals surface area contributed by atoms with Gasteiger partial charge in [-0.05, 0) is 66.1 Å². The summed E-state index contributed by atoms with van der Waals surface area (Å²) in [7, 11) is -6.19. The van der Waals surface area contributed by atoms with Crippen LogP contribution in [0.4, 0.5) is 5.69 Å². The number of rotatable bonds is 8. The molecule has 1 saturated carbocycles. The maximum Gasteiger partial charge on any atom is 0.272 e. The Bertz CT molecular complexity index is 1320. The lowest BCUT2D eigenvalue weighted by atomic mass is 9.90. The van der Waals surface area contributed by atoms with Crippen LogP contribution in [0, 0.1) is 23.0 Å². The Morgan fingerprint density at radius 1 is 0.895 bits per heavy atom. The molecule has 0 amide bonds. The van der Waals surface area contributed by atoms with Crippen LogP contribution in [0.25, 0.3) is 0 Å². The molecule has 0 spiro atoms. The van der Waals surface area contributed by atoms with Gasteiger partial charge in [-0.3, -0.25) is 10.1 Å². The lowest BCUT2D eigenvalue weighted by Gasteiger charge is -2.44. The molecule has 6 nitrogen and oxygen atoms in total. The van der Waals surface area contributed by atoms with Crippen LogP contribution in [0.1, 0.15) is 52.0 Å². The highest BCUT2D eigenvalue weighted by atomic mass is 32.2. The molecule has 1 aliphatic rings. The molecule has 0 radical (unpaired) electrons. The summed E-state index contributed by atoms with van der Waals surface area (Å²) < 4.78 is 33.8. The number of hydrogen-bond acceptors (Lipinski definition) is 5. The number of hydrogen-bond donors (Lipinski definition) is 0. The van der Waals surface area contributed by atoms with E-state index >= 15 is 0 Å². The number of nitrogens with zero attached hydrogens (tertiary/aromatic N) is 1. The minimum Gasteiger partial charge on any atom is -0.407 e. The van der Waals surface area contributed by atoms with E-state index in [0.29, 0.717) is 25.0 Å². The van der Waals surface area contributed by atoms with Crippen LogP contribution in [-0.2, 0) is 14.3 Å². The molecular formula is C30H37NO5SSi. The Balaban J connectivity index is 1.52. The molecule has 3 aromatic carbocycles. The molecule has 8 heteroatoms. The van der Waals surface area contributed by atoms with Crippen molar-refractivity contribution in [2.24, 2.45) is 5.92 Å². The van der Waals surface area contributed by atoms with Crippen molar-refractivity contribution in [1.29, 1.82) is 0 Å². The van der Waals surface area contributed by atoms with Crippen LogP contribution in [0.3, 0.4) is 0 Å². The molecule has 0 N–H and O–H groups in total. The number of sulfone groups is 1. The van der Waals surface area contributed by atoms with E-state index in [1.807, 2.05) is 12.1 Å². The fourth-order valence-electron chi connectivity index (χ4n) is 5.82. The predicted molar refractivity (Wildman–Crippen MR) is 154 cm³/mol. The molecule has 0 aliphatic heterocycles. The molecule has 4 rings (SSSR count). The summed E-state index contributed by atoms with van der Waals surface area (Å²) in [5.74, 6) is 0.279. The van der Waals surface area contributed by atoms with Crippen LogP contribution in [-0.4, -0.2) is 33.5 Å². The van der Waals surface area contributed by atoms with Gasteiger partial charge in [-0.25, -0.2) is 8.42 Å². The summed E-state index contributed by atoms with van der Waals surface area (Å²) >= 11 is 0. The number of benzene rings is 3. The summed E-state index contributed by atoms with van der Waals surface area (Å²) in [6.45, 7) is 8.95. The topological polar surface area (TPSA) is 86.5 Å². The SMILES string of the molecule is Cc1cc(S(=O)(=O)C2CCC(CO[Si](c3ccccc3)(c3ccccc3)C(C)(C)C)CC2)ccc1[N+](=O)[O-]. The first-order chi connectivity index (χ1) is 18.0. The van der Waals surface area contributed by atoms with Crippen molar-refractivity contribution in [3.63, 3.8) is 0 Å². The Morgan fingerprint density at radius 3 is 1.87 bits per heavy atom. The fraction of sp³-hybridized carbons (Fsp3) is 0.400. The average Bonchev–Trinajstić information content (AvgIpc) is 2.89. The lowest BCUT2D eigenvalue weighted by molar-refractivity contribution is -0.385. The molecule has 0 saturated heterocycles. The van der Waals surface area contributed by atoms with E-state index in [1.54, 1.807) is 6.92 Å². The molecule has 0 heterocycles. The summed E-state index contributed by atoms with van der Waals surface area (Å²) in [4.78, 5) is 10.8. The second-order valence-corrected chi connectivity index (χ2v) is 17.9. The van der Waals surface area contributed by atoms with Gasteiger partial charge in [-0.1, -0.05) is 81.4 Å². The monoisotopic (exact) mass is 551 g/mol. The molecule has 38 heavy (non-hydrogen) atoms. The smallest absolute Gasteiger partial charge is 0.272 e. The van der Waals surface area contributed by atoms with Gasteiger partial charge in [0, 0.05) is 18.2 Å². The third kappa shape index (κ3) is 5.48. The second-order valence-electron chi connectivity index (χ2n) is 11.4. The third-order valence-corrected chi connectivity index (χ3v) is 15.1. The second kappa shape index (κ2) is 11.1. The van der Waals surface area contributed by atoms with Gasteiger partial charge in [0.25, 0.3) is 14.0 Å². The van der Waals surface area contributed by atoms with Gasteiger partial charge in [0.15, 0.2) is 9.84 Å². The zero-order chi connectivity index (χ0) is 27.6. The van der Waals surface area contributed by atoms with Crippen molar-refractivity contribution in [3.05, 3.63) is 94.5 Å². The van der Waals surface area contributed by atoms with E-state index in [9.17, 15) is 18.5 Å². The minimum absolute atomic E-state index is 0.0619. The molecule has 0 aromatic heterocycles. The quantitative estimate of drug-likeness (QED) is 0.200. The molecule has 1 fully saturated rings. The zero-order valence-corrected chi connectivity index (χ0v) is 24.4. The fourth-order valence-corrected chi connectivity index (χ4v) is 12.3. The molecule has 0 unspecified atom stereocenters. The molecule has 0 bridgehead atoms. The largest absolute Gasteiger partial charge is 0.407 e. The molecule has 202 valence electrons. The van der Waals surface area contributed by atoms with Crippen molar-refractivity contribution in [2.75, 3.05) is 6.61 Å². The van der Waals surface area contributed by atoms with Crippen molar-refractivity contribution >= 4 is 34.2 Å². The summed E-state index contributed by atoms with van der Waals surface area (Å²) in [6.07, 6.45) is 2.67. The maximum atomic E-state index is 13.4. The number of nitro groups is 1. The minimum atomic E-state index is -3.56. The Morgan fingerprint density at radius 2 is 1.42 bits per heavy atom. The normalized spacial score (nSPS) is 18.7. The number of aryl methyl sites for hydroxylation is 1. The van der Waals surface area contributed by atoms with E-state index in [4.69, 9.17) is 4.43 Å². The van der Waals surface area contributed by atoms with E-state index in [0.717, 1.165) is 12.8 Å². The zero-order valence-electron chi connectivity index (χ0n) is 22.6. The average molecular weight is 552 g/mol. The van der Waals surface area contributed by atoms with Gasteiger partial charge in [-0.15, -0.1) is 0 Å². The van der Waals surface area contributed by atoms with E-state index in [1.165, 1.54) is 28.6 Å². The van der Waals surface area contributed by atoms with Gasteiger partial charge in [0.05, 0.1) is 15.1 Å². The summed E-state index contributed by atoms with van der Waals surface area (Å²) in [5, 5.41) is 13.0. The third-order valence-electron chi connectivity index (χ3n) is 7.88. The molecule has 0 atom stereocenters. The molecule has 3 aromatic rings. The molecule has 1 aliphatic carbocycles. The highest BCUT2D eigenvalue weighted by Crippen LogP contribution is 2.39. The Labute approximate surface area is 227 Å². The van der Waals surface area contributed by atoms with Gasteiger partial charge in [-0.2, -0.15) is 0 Å². The first-order valence-electron chi connectivity index (χ1n) is 13.2. The van der Waals surface area contributed by atoms with Crippen molar-refractivity contribution in [2.45, 2.75) is 68.6 Å². The van der Waals surface area contributed by atoms with Gasteiger partial charge in [0.1, 0.15) is 0 Å². The maximum absolute atomic E-state index is 13.4. The van der Waals surface area contributed by atoms with Gasteiger partial charge < -0.3 is 4.43 Å². The van der Waals surface area contributed by atoms with Crippen molar-refractivity contribution in [1.82, 2.24) is 0 Å². The highest BCUT2D eigenvalue weighted by molar-refractivity contribution is 7.92. The number of nitro benzene ring substituents is 1. The Kier molecular flexibility index (Phi) is 8.25. The Hall–Kier alpha value is -2.81. The predicted octanol–water partition coefficient (Wildman–Crippen LogP) is 5.81. The van der Waals surface area contributed by atoms with Crippen LogP contribution in [0.15, 0.2) is 83.8 Å². The van der Waals surface area contributed by atoms with Crippen LogP contribution in [0.5, 0.6) is 0 Å². The van der Waals surface area contributed by atoms with Crippen LogP contribution >= 0.6 is 0 Å². The van der Waals surface area contributed by atoms with Gasteiger partial charge in [0.2, 0.25) is 0 Å². The first kappa shape index (κ1) is 28.2. The van der Waals surface area contributed by atoms with Crippen LogP contribution in [0.2, 0.25) is 5.04 Å². The standard InChI is InChI=1S/C30H37NO5SSi/c1-23-21-26(19-20-29(23)31(32)33)37(34,35)25-17-15-24(16-18-25)22-36-38(30(2,3)4,27-11-7-5-8-12-27)28-13-9-6-10-14-28/h5-14,19-21,24-25H,15-18,22H2,1-4H3. The van der Waals surface area contributed by atoms with Crippen molar-refractivity contribution in [3.8, 4) is 0 Å². The van der Waals surface area contributed by atoms with E-state index in [-0.39, 0.29) is 21.5 Å².